The largest absolute Gasteiger partial charge is 0.478 e. The number of carbonyl (C=O) groups is 1. The molecule has 5 N–H and O–H groups in total. The van der Waals surface area contributed by atoms with E-state index < -0.39 is 16.0 Å². The van der Waals surface area contributed by atoms with Gasteiger partial charge in [-0.1, -0.05) is 26.0 Å². The zero-order valence-electron chi connectivity index (χ0n) is 14.9. The molecular weight excluding hydrogens is 342 g/mol. The molecule has 0 amide bonds. The van der Waals surface area contributed by atoms with Crippen LogP contribution in [-0.2, 0) is 10.0 Å². The first-order valence-corrected chi connectivity index (χ1v) is 9.36. The van der Waals surface area contributed by atoms with Crippen molar-refractivity contribution in [3.63, 3.8) is 0 Å². The standard InChI is InChI=1S/C12H18N2O4S.C5H9N/c1-3-4-5-14-10-6-9(12(15)16)7-11(8(10)2)19(13,17)18;1-3-5-6-4-2/h6-7,14H,3-5H2,1-2H3,(H,15,16)(H2,13,17,18);3-6H,2H2,1H3/b;5-3-. The predicted molar refractivity (Wildman–Crippen MR) is 101 cm³/mol. The number of hydrogen-bond donors (Lipinski definition) is 4. The highest BCUT2D eigenvalue weighted by Gasteiger charge is 2.18. The van der Waals surface area contributed by atoms with E-state index >= 15 is 0 Å². The van der Waals surface area contributed by atoms with Crippen molar-refractivity contribution >= 4 is 21.7 Å². The van der Waals surface area contributed by atoms with Crippen molar-refractivity contribution in [2.24, 2.45) is 5.14 Å². The van der Waals surface area contributed by atoms with E-state index in [1.165, 1.54) is 6.07 Å². The fourth-order valence-corrected chi connectivity index (χ4v) is 2.68. The van der Waals surface area contributed by atoms with Crippen LogP contribution < -0.4 is 15.8 Å². The number of anilines is 1. The molecule has 8 heteroatoms. The second-order valence-corrected chi connectivity index (χ2v) is 6.68. The lowest BCUT2D eigenvalue weighted by molar-refractivity contribution is 0.0696. The highest BCUT2D eigenvalue weighted by molar-refractivity contribution is 7.89. The Morgan fingerprint density at radius 1 is 1.40 bits per heavy atom. The number of primary sulfonamides is 1. The number of hydrogen-bond acceptors (Lipinski definition) is 5. The SMILES string of the molecule is C=CN/C=C\C.CCCCNc1cc(C(=O)O)cc(S(N)(=O)=O)c1C. The minimum absolute atomic E-state index is 0.103. The minimum Gasteiger partial charge on any atom is -0.478 e. The maximum absolute atomic E-state index is 11.5. The van der Waals surface area contributed by atoms with Crippen LogP contribution in [-0.4, -0.2) is 26.0 Å². The lowest BCUT2D eigenvalue weighted by Crippen LogP contribution is -2.16. The fraction of sp³-hybridized carbons (Fsp3) is 0.353. The molecule has 0 aliphatic heterocycles. The lowest BCUT2D eigenvalue weighted by atomic mass is 10.1. The summed E-state index contributed by atoms with van der Waals surface area (Å²) in [7, 11) is -3.95. The van der Waals surface area contributed by atoms with Crippen LogP contribution in [0.25, 0.3) is 0 Å². The zero-order chi connectivity index (χ0) is 19.5. The van der Waals surface area contributed by atoms with Crippen LogP contribution in [0.1, 0.15) is 42.6 Å². The second kappa shape index (κ2) is 11.3. The predicted octanol–water partition coefficient (Wildman–Crippen LogP) is 2.81. The number of carboxylic acid groups (broad SMARTS) is 1. The Kier molecular flexibility index (Phi) is 10.2. The summed E-state index contributed by atoms with van der Waals surface area (Å²) in [6.07, 6.45) is 7.23. The molecule has 0 aliphatic rings. The molecule has 0 saturated heterocycles. The molecule has 0 bridgehead atoms. The normalized spacial score (nSPS) is 10.7. The van der Waals surface area contributed by atoms with Crippen molar-refractivity contribution in [3.05, 3.63) is 48.3 Å². The van der Waals surface area contributed by atoms with E-state index in [1.54, 1.807) is 13.1 Å². The van der Waals surface area contributed by atoms with Gasteiger partial charge in [0.25, 0.3) is 0 Å². The molecular formula is C17H27N3O4S. The van der Waals surface area contributed by atoms with Gasteiger partial charge in [-0.05, 0) is 50.4 Å². The van der Waals surface area contributed by atoms with Crippen molar-refractivity contribution < 1.29 is 18.3 Å². The van der Waals surface area contributed by atoms with Gasteiger partial charge in [0.15, 0.2) is 0 Å². The molecule has 0 radical (unpaired) electrons. The topological polar surface area (TPSA) is 122 Å². The number of benzene rings is 1. The molecule has 1 aromatic rings. The summed E-state index contributed by atoms with van der Waals surface area (Å²) >= 11 is 0. The number of nitrogens with two attached hydrogens (primary N) is 1. The second-order valence-electron chi connectivity index (χ2n) is 5.15. The highest BCUT2D eigenvalue weighted by atomic mass is 32.2. The van der Waals surface area contributed by atoms with Crippen LogP contribution in [0.3, 0.4) is 0 Å². The monoisotopic (exact) mass is 369 g/mol. The Labute approximate surface area is 149 Å². The summed E-state index contributed by atoms with van der Waals surface area (Å²) in [5, 5.41) is 19.9. The molecule has 0 aromatic heterocycles. The van der Waals surface area contributed by atoms with Crippen molar-refractivity contribution in [1.29, 1.82) is 0 Å². The quantitative estimate of drug-likeness (QED) is 0.523. The van der Waals surface area contributed by atoms with E-state index in [9.17, 15) is 13.2 Å². The van der Waals surface area contributed by atoms with Crippen LogP contribution in [0.4, 0.5) is 5.69 Å². The lowest BCUT2D eigenvalue weighted by Gasteiger charge is -2.13. The van der Waals surface area contributed by atoms with Gasteiger partial charge in [0.2, 0.25) is 10.0 Å². The van der Waals surface area contributed by atoms with Gasteiger partial charge in [-0.15, -0.1) is 0 Å². The Bertz CT molecular complexity index is 713. The summed E-state index contributed by atoms with van der Waals surface area (Å²) in [6.45, 7) is 9.64. The van der Waals surface area contributed by atoms with Crippen molar-refractivity contribution in [3.8, 4) is 0 Å². The molecule has 0 atom stereocenters. The maximum atomic E-state index is 11.5. The Morgan fingerprint density at radius 3 is 2.44 bits per heavy atom. The summed E-state index contributed by atoms with van der Waals surface area (Å²) in [4.78, 5) is 10.8. The summed E-state index contributed by atoms with van der Waals surface area (Å²) in [6, 6.07) is 2.50. The van der Waals surface area contributed by atoms with E-state index in [4.69, 9.17) is 10.2 Å². The third-order valence-electron chi connectivity index (χ3n) is 3.14. The minimum atomic E-state index is -3.95. The first-order chi connectivity index (χ1) is 11.7. The first kappa shape index (κ1) is 22.7. The molecule has 0 unspecified atom stereocenters. The third-order valence-corrected chi connectivity index (χ3v) is 4.18. The van der Waals surface area contributed by atoms with Gasteiger partial charge in [0.1, 0.15) is 0 Å². The molecule has 0 fully saturated rings. The molecule has 1 aromatic carbocycles. The number of aromatic carboxylic acids is 1. The number of nitrogens with one attached hydrogen (secondary N) is 2. The maximum Gasteiger partial charge on any atom is 0.335 e. The number of unbranched alkanes of at least 4 members (excludes halogenated alkanes) is 1. The van der Waals surface area contributed by atoms with E-state index in [-0.39, 0.29) is 10.5 Å². The molecule has 140 valence electrons. The van der Waals surface area contributed by atoms with Gasteiger partial charge in [0.05, 0.1) is 10.5 Å². The average molecular weight is 369 g/mol. The van der Waals surface area contributed by atoms with E-state index in [2.05, 4.69) is 17.2 Å². The summed E-state index contributed by atoms with van der Waals surface area (Å²) < 4.78 is 22.9. The number of carboxylic acids is 1. The Hall–Kier alpha value is -2.32. The van der Waals surface area contributed by atoms with Gasteiger partial charge >= 0.3 is 5.97 Å². The van der Waals surface area contributed by atoms with Gasteiger partial charge in [-0.25, -0.2) is 18.4 Å². The average Bonchev–Trinajstić information content (AvgIpc) is 2.54. The van der Waals surface area contributed by atoms with E-state index in [0.717, 1.165) is 18.9 Å². The molecule has 0 aliphatic carbocycles. The molecule has 0 saturated carbocycles. The van der Waals surface area contributed by atoms with E-state index in [1.807, 2.05) is 26.1 Å². The first-order valence-electron chi connectivity index (χ1n) is 7.81. The summed E-state index contributed by atoms with van der Waals surface area (Å²) in [5.74, 6) is -1.19. The van der Waals surface area contributed by atoms with Crippen LogP contribution >= 0.6 is 0 Å². The van der Waals surface area contributed by atoms with Gasteiger partial charge in [-0.3, -0.25) is 0 Å². The van der Waals surface area contributed by atoms with Crippen molar-refractivity contribution in [2.75, 3.05) is 11.9 Å². The van der Waals surface area contributed by atoms with Crippen LogP contribution in [0.15, 0.2) is 42.1 Å². The van der Waals surface area contributed by atoms with Gasteiger partial charge < -0.3 is 15.7 Å². The van der Waals surface area contributed by atoms with Crippen LogP contribution in [0, 0.1) is 6.92 Å². The van der Waals surface area contributed by atoms with Crippen molar-refractivity contribution in [2.45, 2.75) is 38.5 Å². The molecule has 1 rings (SSSR count). The van der Waals surface area contributed by atoms with Crippen molar-refractivity contribution in [1.82, 2.24) is 5.32 Å². The summed E-state index contributed by atoms with van der Waals surface area (Å²) in [5.41, 5.74) is 0.814. The van der Waals surface area contributed by atoms with E-state index in [0.29, 0.717) is 17.8 Å². The molecule has 7 nitrogen and oxygen atoms in total. The smallest absolute Gasteiger partial charge is 0.335 e. The third kappa shape index (κ3) is 8.37. The Morgan fingerprint density at radius 2 is 2.04 bits per heavy atom. The number of rotatable bonds is 8. The zero-order valence-corrected chi connectivity index (χ0v) is 15.7. The fourth-order valence-electron chi connectivity index (χ4n) is 1.85. The van der Waals surface area contributed by atoms with Gasteiger partial charge in [-0.2, -0.15) is 0 Å². The Balaban J connectivity index is 0.000000823. The number of sulfonamides is 1. The molecule has 25 heavy (non-hydrogen) atoms. The van der Waals surface area contributed by atoms with Crippen LogP contribution in [0.5, 0.6) is 0 Å². The molecule has 0 spiro atoms. The number of allylic oxidation sites excluding steroid dienone is 1. The van der Waals surface area contributed by atoms with Crippen LogP contribution in [0.2, 0.25) is 0 Å². The highest BCUT2D eigenvalue weighted by Crippen LogP contribution is 2.25. The van der Waals surface area contributed by atoms with Gasteiger partial charge in [0, 0.05) is 12.2 Å². The molecule has 0 heterocycles.